The molecule has 1 saturated heterocycles. The average Bonchev–Trinajstić information content (AvgIpc) is 3.45. The lowest BCUT2D eigenvalue weighted by Crippen LogP contribution is -2.44. The molecule has 2 unspecified atom stereocenters. The zero-order valence-corrected chi connectivity index (χ0v) is 18.7. The van der Waals surface area contributed by atoms with Crippen molar-refractivity contribution in [2.75, 3.05) is 27.3 Å². The SMILES string of the molecule is COc1ccc(C2CC(c3cccs3)=NN2C(=O)CN2CCCCC2C)cc1OC. The predicted octanol–water partition coefficient (Wildman–Crippen LogP) is 4.32. The molecule has 0 spiro atoms. The first kappa shape index (κ1) is 20.9. The molecular weight excluding hydrogens is 398 g/mol. The molecule has 1 amide bonds. The molecule has 2 atom stereocenters. The van der Waals surface area contributed by atoms with Gasteiger partial charge >= 0.3 is 0 Å². The van der Waals surface area contributed by atoms with Crippen LogP contribution in [0.2, 0.25) is 0 Å². The minimum absolute atomic E-state index is 0.0510. The van der Waals surface area contributed by atoms with Gasteiger partial charge in [0.2, 0.25) is 0 Å². The Morgan fingerprint density at radius 3 is 2.73 bits per heavy atom. The van der Waals surface area contributed by atoms with Gasteiger partial charge in [-0.1, -0.05) is 18.6 Å². The van der Waals surface area contributed by atoms with Crippen LogP contribution in [0, 0.1) is 0 Å². The van der Waals surface area contributed by atoms with Crippen molar-refractivity contribution in [3.63, 3.8) is 0 Å². The molecule has 0 aliphatic carbocycles. The topological polar surface area (TPSA) is 54.4 Å². The van der Waals surface area contributed by atoms with E-state index in [0.29, 0.717) is 30.5 Å². The number of hydrogen-bond donors (Lipinski definition) is 0. The maximum Gasteiger partial charge on any atom is 0.257 e. The minimum Gasteiger partial charge on any atom is -0.493 e. The molecular formula is C23H29N3O3S. The van der Waals surface area contributed by atoms with Crippen LogP contribution in [0.15, 0.2) is 40.8 Å². The minimum atomic E-state index is -0.144. The first-order valence-corrected chi connectivity index (χ1v) is 11.4. The Morgan fingerprint density at radius 1 is 1.20 bits per heavy atom. The Balaban J connectivity index is 1.62. The molecule has 30 heavy (non-hydrogen) atoms. The summed E-state index contributed by atoms with van der Waals surface area (Å²) in [4.78, 5) is 16.8. The van der Waals surface area contributed by atoms with Crippen LogP contribution in [-0.4, -0.2) is 54.9 Å². The predicted molar refractivity (Wildman–Crippen MR) is 119 cm³/mol. The number of methoxy groups -OCH3 is 2. The normalized spacial score (nSPS) is 22.1. The zero-order valence-electron chi connectivity index (χ0n) is 17.8. The van der Waals surface area contributed by atoms with Crippen molar-refractivity contribution in [1.29, 1.82) is 0 Å². The zero-order chi connectivity index (χ0) is 21.1. The van der Waals surface area contributed by atoms with Gasteiger partial charge in [-0.15, -0.1) is 11.3 Å². The summed E-state index contributed by atoms with van der Waals surface area (Å²) in [5, 5.41) is 8.53. The van der Waals surface area contributed by atoms with E-state index in [4.69, 9.17) is 14.6 Å². The van der Waals surface area contributed by atoms with Gasteiger partial charge in [-0.25, -0.2) is 5.01 Å². The first-order valence-electron chi connectivity index (χ1n) is 10.5. The summed E-state index contributed by atoms with van der Waals surface area (Å²) in [6, 6.07) is 10.2. The number of hydrazone groups is 1. The molecule has 0 radical (unpaired) electrons. The second-order valence-corrected chi connectivity index (χ2v) is 8.86. The third-order valence-corrected chi connectivity index (χ3v) is 6.96. The Morgan fingerprint density at radius 2 is 2.03 bits per heavy atom. The smallest absolute Gasteiger partial charge is 0.257 e. The van der Waals surface area contributed by atoms with Gasteiger partial charge in [0.15, 0.2) is 11.5 Å². The standard InChI is InChI=1S/C23H29N3O3S/c1-16-7-4-5-11-25(16)15-23(27)26-19(14-18(24-26)22-8-6-12-30-22)17-9-10-20(28-2)21(13-17)29-3/h6,8-10,12-13,16,19H,4-5,7,11,14-15H2,1-3H3. The van der Waals surface area contributed by atoms with E-state index < -0.39 is 0 Å². The molecule has 0 N–H and O–H groups in total. The van der Waals surface area contributed by atoms with Crippen LogP contribution in [0.4, 0.5) is 0 Å². The van der Waals surface area contributed by atoms with E-state index in [0.717, 1.165) is 35.5 Å². The highest BCUT2D eigenvalue weighted by Gasteiger charge is 2.35. The fourth-order valence-corrected chi connectivity index (χ4v) is 5.01. The van der Waals surface area contributed by atoms with Crippen molar-refractivity contribution >= 4 is 23.0 Å². The number of carbonyl (C=O) groups excluding carboxylic acids is 1. The molecule has 2 aromatic rings. The number of carbonyl (C=O) groups is 1. The van der Waals surface area contributed by atoms with Gasteiger partial charge in [-0.2, -0.15) is 5.10 Å². The van der Waals surface area contributed by atoms with Crippen molar-refractivity contribution < 1.29 is 14.3 Å². The maximum atomic E-state index is 13.4. The molecule has 1 aromatic carbocycles. The van der Waals surface area contributed by atoms with Gasteiger partial charge in [-0.05, 0) is 55.5 Å². The van der Waals surface area contributed by atoms with Crippen LogP contribution in [0.1, 0.15) is 49.1 Å². The molecule has 7 heteroatoms. The molecule has 0 saturated carbocycles. The molecule has 4 rings (SSSR count). The quantitative estimate of drug-likeness (QED) is 0.689. The number of ether oxygens (including phenoxy) is 2. The highest BCUT2D eigenvalue weighted by molar-refractivity contribution is 7.12. The lowest BCUT2D eigenvalue weighted by Gasteiger charge is -2.34. The van der Waals surface area contributed by atoms with Crippen LogP contribution in [0.25, 0.3) is 0 Å². The van der Waals surface area contributed by atoms with Gasteiger partial charge < -0.3 is 9.47 Å². The Kier molecular flexibility index (Phi) is 6.39. The number of hydrogen-bond acceptors (Lipinski definition) is 6. The molecule has 2 aliphatic rings. The van der Waals surface area contributed by atoms with Gasteiger partial charge in [-0.3, -0.25) is 9.69 Å². The third kappa shape index (κ3) is 4.23. The highest BCUT2D eigenvalue weighted by Crippen LogP contribution is 2.38. The first-order chi connectivity index (χ1) is 14.6. The Hall–Kier alpha value is -2.38. The molecule has 6 nitrogen and oxygen atoms in total. The van der Waals surface area contributed by atoms with Crippen molar-refractivity contribution in [3.05, 3.63) is 46.2 Å². The van der Waals surface area contributed by atoms with E-state index in [-0.39, 0.29) is 11.9 Å². The number of likely N-dealkylation sites (tertiary alicyclic amines) is 1. The van der Waals surface area contributed by atoms with E-state index >= 15 is 0 Å². The van der Waals surface area contributed by atoms with Crippen molar-refractivity contribution in [3.8, 4) is 11.5 Å². The van der Waals surface area contributed by atoms with Crippen LogP contribution < -0.4 is 9.47 Å². The van der Waals surface area contributed by atoms with E-state index in [2.05, 4.69) is 17.9 Å². The molecule has 1 aromatic heterocycles. The molecule has 0 bridgehead atoms. The van der Waals surface area contributed by atoms with Gasteiger partial charge in [0, 0.05) is 12.5 Å². The van der Waals surface area contributed by atoms with Crippen LogP contribution in [0.5, 0.6) is 11.5 Å². The van der Waals surface area contributed by atoms with Crippen LogP contribution >= 0.6 is 11.3 Å². The molecule has 1 fully saturated rings. The van der Waals surface area contributed by atoms with Gasteiger partial charge in [0.05, 0.1) is 37.4 Å². The van der Waals surface area contributed by atoms with Crippen LogP contribution in [-0.2, 0) is 4.79 Å². The monoisotopic (exact) mass is 427 g/mol. The maximum absolute atomic E-state index is 13.4. The van der Waals surface area contributed by atoms with Crippen molar-refractivity contribution in [1.82, 2.24) is 9.91 Å². The average molecular weight is 428 g/mol. The van der Waals surface area contributed by atoms with Gasteiger partial charge in [0.25, 0.3) is 5.91 Å². The summed E-state index contributed by atoms with van der Waals surface area (Å²) in [5.41, 5.74) is 1.97. The van der Waals surface area contributed by atoms with Crippen molar-refractivity contribution in [2.45, 2.75) is 44.7 Å². The number of rotatable bonds is 6. The number of thiophene rings is 1. The molecule has 160 valence electrons. The van der Waals surface area contributed by atoms with Crippen molar-refractivity contribution in [2.24, 2.45) is 5.10 Å². The fraction of sp³-hybridized carbons (Fsp3) is 0.478. The van der Waals surface area contributed by atoms with E-state index in [1.54, 1.807) is 30.6 Å². The summed E-state index contributed by atoms with van der Waals surface area (Å²) in [6.07, 6.45) is 4.23. The van der Waals surface area contributed by atoms with E-state index in [9.17, 15) is 4.79 Å². The van der Waals surface area contributed by atoms with E-state index in [1.807, 2.05) is 29.6 Å². The summed E-state index contributed by atoms with van der Waals surface area (Å²) in [7, 11) is 3.26. The lowest BCUT2D eigenvalue weighted by atomic mass is 10.00. The molecule has 3 heterocycles. The number of nitrogens with zero attached hydrogens (tertiary/aromatic N) is 3. The molecule has 2 aliphatic heterocycles. The lowest BCUT2D eigenvalue weighted by molar-refractivity contribution is -0.135. The number of benzene rings is 1. The second kappa shape index (κ2) is 9.18. The fourth-order valence-electron chi connectivity index (χ4n) is 4.29. The summed E-state index contributed by atoms with van der Waals surface area (Å²) >= 11 is 1.66. The second-order valence-electron chi connectivity index (χ2n) is 7.91. The third-order valence-electron chi connectivity index (χ3n) is 6.04. The Bertz CT molecular complexity index is 912. The summed E-state index contributed by atoms with van der Waals surface area (Å²) in [6.45, 7) is 3.60. The largest absolute Gasteiger partial charge is 0.493 e. The van der Waals surface area contributed by atoms with Crippen LogP contribution in [0.3, 0.4) is 0 Å². The Labute approximate surface area is 182 Å². The summed E-state index contributed by atoms with van der Waals surface area (Å²) in [5.74, 6) is 1.39. The van der Waals surface area contributed by atoms with E-state index in [1.165, 1.54) is 6.42 Å². The highest BCUT2D eigenvalue weighted by atomic mass is 32.1. The number of amides is 1. The number of piperidine rings is 1. The summed E-state index contributed by atoms with van der Waals surface area (Å²) < 4.78 is 10.9. The van der Waals surface area contributed by atoms with Gasteiger partial charge in [0.1, 0.15) is 0 Å².